The van der Waals surface area contributed by atoms with Crippen molar-refractivity contribution in [1.82, 2.24) is 5.32 Å². The highest BCUT2D eigenvalue weighted by Crippen LogP contribution is 2.57. The Balaban J connectivity index is 1.53. The molecule has 0 heterocycles. The first-order valence-electron chi connectivity index (χ1n) is 11.8. The maximum Gasteiger partial charge on any atom is 0.123 e. The maximum atomic E-state index is 5.54. The van der Waals surface area contributed by atoms with Gasteiger partial charge < -0.3 is 10.1 Å². The van der Waals surface area contributed by atoms with Gasteiger partial charge in [0.15, 0.2) is 0 Å². The molecule has 1 saturated carbocycles. The summed E-state index contributed by atoms with van der Waals surface area (Å²) < 4.78 is 5.54. The highest BCUT2D eigenvalue weighted by molar-refractivity contribution is 5.42. The fraction of sp³-hybridized carbons (Fsp3) is 0.571. The summed E-state index contributed by atoms with van der Waals surface area (Å²) in [6.45, 7) is 11.7. The zero-order valence-corrected chi connectivity index (χ0v) is 19.6. The van der Waals surface area contributed by atoms with Gasteiger partial charge in [0, 0.05) is 18.7 Å². The molecule has 4 rings (SSSR count). The van der Waals surface area contributed by atoms with E-state index < -0.39 is 0 Å². The summed E-state index contributed by atoms with van der Waals surface area (Å²) in [5, 5.41) is 3.80. The molecule has 3 atom stereocenters. The van der Waals surface area contributed by atoms with Crippen molar-refractivity contribution < 1.29 is 4.74 Å². The topological polar surface area (TPSA) is 21.3 Å². The van der Waals surface area contributed by atoms with E-state index in [9.17, 15) is 0 Å². The summed E-state index contributed by atoms with van der Waals surface area (Å²) in [5.41, 5.74) is 6.64. The van der Waals surface area contributed by atoms with Crippen LogP contribution in [0.2, 0.25) is 0 Å². The molecule has 0 saturated heterocycles. The molecule has 2 aliphatic carbocycles. The molecule has 0 amide bonds. The van der Waals surface area contributed by atoms with Crippen LogP contribution in [-0.2, 0) is 18.4 Å². The molecule has 2 aliphatic rings. The fourth-order valence-corrected chi connectivity index (χ4v) is 6.55. The Hall–Kier alpha value is -1.80. The molecule has 2 aromatic carbocycles. The average molecular weight is 406 g/mol. The van der Waals surface area contributed by atoms with E-state index in [1.807, 2.05) is 6.07 Å². The first kappa shape index (κ1) is 21.4. The summed E-state index contributed by atoms with van der Waals surface area (Å²) >= 11 is 0. The summed E-state index contributed by atoms with van der Waals surface area (Å²) in [4.78, 5) is 0. The third-order valence-electron chi connectivity index (χ3n) is 8.20. The molecule has 3 unspecified atom stereocenters. The predicted octanol–water partition coefficient (Wildman–Crippen LogP) is 6.62. The minimum atomic E-state index is 0.308. The van der Waals surface area contributed by atoms with Gasteiger partial charge >= 0.3 is 0 Å². The van der Waals surface area contributed by atoms with Gasteiger partial charge in [0.05, 0.1) is 7.11 Å². The van der Waals surface area contributed by atoms with E-state index in [0.717, 1.165) is 24.8 Å². The highest BCUT2D eigenvalue weighted by atomic mass is 16.5. The van der Waals surface area contributed by atoms with Crippen LogP contribution in [0, 0.1) is 11.3 Å². The average Bonchev–Trinajstić information content (AvgIpc) is 2.73. The number of para-hydroxylation sites is 1. The number of methoxy groups -OCH3 is 1. The van der Waals surface area contributed by atoms with E-state index in [1.165, 1.54) is 43.2 Å². The minimum Gasteiger partial charge on any atom is -0.496 e. The number of hydrogen-bond donors (Lipinski definition) is 1. The monoisotopic (exact) mass is 405 g/mol. The van der Waals surface area contributed by atoms with Crippen molar-refractivity contribution in [2.45, 2.75) is 77.7 Å². The van der Waals surface area contributed by atoms with Gasteiger partial charge in [0.25, 0.3) is 0 Å². The molecular formula is C28H39NO. The van der Waals surface area contributed by atoms with E-state index in [0.29, 0.717) is 16.7 Å². The Morgan fingerprint density at radius 1 is 1.10 bits per heavy atom. The molecule has 30 heavy (non-hydrogen) atoms. The standard InChI is InChI=1S/C28H39NO/c1-20(2)21-11-13-24-22(17-21)12-14-26-27(3,15-8-16-28(24,26)4)19-29-18-23-9-6-7-10-25(23)30-5/h6-7,9-11,13,17,20,26,29H,8,12,14-16,18-19H2,1-5H3. The summed E-state index contributed by atoms with van der Waals surface area (Å²) in [6, 6.07) is 15.7. The van der Waals surface area contributed by atoms with Gasteiger partial charge in [-0.1, -0.05) is 70.5 Å². The van der Waals surface area contributed by atoms with Crippen LogP contribution in [0.5, 0.6) is 5.75 Å². The molecule has 0 bridgehead atoms. The maximum absolute atomic E-state index is 5.54. The van der Waals surface area contributed by atoms with E-state index in [4.69, 9.17) is 4.74 Å². The molecule has 0 aromatic heterocycles. The third kappa shape index (κ3) is 3.80. The normalized spacial score (nSPS) is 28.1. The van der Waals surface area contributed by atoms with Gasteiger partial charge in [-0.05, 0) is 71.1 Å². The van der Waals surface area contributed by atoms with Crippen molar-refractivity contribution in [2.24, 2.45) is 11.3 Å². The largest absolute Gasteiger partial charge is 0.496 e. The van der Waals surface area contributed by atoms with Gasteiger partial charge in [0.1, 0.15) is 5.75 Å². The Morgan fingerprint density at radius 3 is 2.67 bits per heavy atom. The molecule has 0 spiro atoms. The van der Waals surface area contributed by atoms with Gasteiger partial charge in [-0.3, -0.25) is 0 Å². The van der Waals surface area contributed by atoms with Crippen molar-refractivity contribution in [2.75, 3.05) is 13.7 Å². The van der Waals surface area contributed by atoms with E-state index in [-0.39, 0.29) is 0 Å². The van der Waals surface area contributed by atoms with Crippen LogP contribution in [0.3, 0.4) is 0 Å². The van der Waals surface area contributed by atoms with Crippen LogP contribution in [0.15, 0.2) is 42.5 Å². The Morgan fingerprint density at radius 2 is 1.90 bits per heavy atom. The second-order valence-electron chi connectivity index (χ2n) is 10.5. The second-order valence-corrected chi connectivity index (χ2v) is 10.5. The smallest absolute Gasteiger partial charge is 0.123 e. The third-order valence-corrected chi connectivity index (χ3v) is 8.20. The van der Waals surface area contributed by atoms with E-state index in [1.54, 1.807) is 18.2 Å². The van der Waals surface area contributed by atoms with Crippen molar-refractivity contribution in [1.29, 1.82) is 0 Å². The number of hydrogen-bond acceptors (Lipinski definition) is 2. The number of nitrogens with one attached hydrogen (secondary N) is 1. The SMILES string of the molecule is COc1ccccc1CNCC1(C)CCCC2(C)c3ccc(C(C)C)cc3CCC12. The molecule has 0 aliphatic heterocycles. The van der Waals surface area contributed by atoms with Crippen LogP contribution in [0.25, 0.3) is 0 Å². The lowest BCUT2D eigenvalue weighted by Crippen LogP contribution is -2.52. The molecule has 0 radical (unpaired) electrons. The molecule has 162 valence electrons. The summed E-state index contributed by atoms with van der Waals surface area (Å²) in [5.74, 6) is 2.33. The molecule has 2 aromatic rings. The Bertz CT molecular complexity index is 888. The quantitative estimate of drug-likeness (QED) is 0.583. The first-order chi connectivity index (χ1) is 14.4. The van der Waals surface area contributed by atoms with Gasteiger partial charge in [-0.15, -0.1) is 0 Å². The number of rotatable bonds is 6. The number of benzene rings is 2. The fourth-order valence-electron chi connectivity index (χ4n) is 6.55. The predicted molar refractivity (Wildman–Crippen MR) is 126 cm³/mol. The molecule has 1 fully saturated rings. The van der Waals surface area contributed by atoms with Crippen LogP contribution in [-0.4, -0.2) is 13.7 Å². The first-order valence-corrected chi connectivity index (χ1v) is 11.8. The molecule has 1 N–H and O–H groups in total. The van der Waals surface area contributed by atoms with E-state index in [2.05, 4.69) is 69.4 Å². The van der Waals surface area contributed by atoms with Crippen LogP contribution >= 0.6 is 0 Å². The van der Waals surface area contributed by atoms with Crippen LogP contribution in [0.1, 0.15) is 81.5 Å². The van der Waals surface area contributed by atoms with Crippen LogP contribution in [0.4, 0.5) is 0 Å². The van der Waals surface area contributed by atoms with Crippen molar-refractivity contribution in [3.8, 4) is 5.75 Å². The molecular weight excluding hydrogens is 366 g/mol. The lowest BCUT2D eigenvalue weighted by Gasteiger charge is -2.55. The van der Waals surface area contributed by atoms with Gasteiger partial charge in [0.2, 0.25) is 0 Å². The minimum absolute atomic E-state index is 0.308. The summed E-state index contributed by atoms with van der Waals surface area (Å²) in [7, 11) is 1.76. The Labute approximate surface area is 183 Å². The number of fused-ring (bicyclic) bond motifs is 3. The van der Waals surface area contributed by atoms with E-state index >= 15 is 0 Å². The van der Waals surface area contributed by atoms with Crippen molar-refractivity contribution >= 4 is 0 Å². The zero-order chi connectivity index (χ0) is 21.4. The number of aryl methyl sites for hydroxylation is 1. The number of ether oxygens (including phenoxy) is 1. The van der Waals surface area contributed by atoms with Crippen LogP contribution < -0.4 is 10.1 Å². The summed E-state index contributed by atoms with van der Waals surface area (Å²) in [6.07, 6.45) is 6.53. The molecule has 2 nitrogen and oxygen atoms in total. The Kier molecular flexibility index (Phi) is 5.99. The highest BCUT2D eigenvalue weighted by Gasteiger charge is 2.51. The lowest BCUT2D eigenvalue weighted by molar-refractivity contribution is 0.0256. The zero-order valence-electron chi connectivity index (χ0n) is 19.6. The molecule has 2 heteroatoms. The van der Waals surface area contributed by atoms with Crippen molar-refractivity contribution in [3.05, 3.63) is 64.7 Å². The second kappa shape index (κ2) is 8.38. The lowest BCUT2D eigenvalue weighted by atomic mass is 9.49. The van der Waals surface area contributed by atoms with Gasteiger partial charge in [-0.2, -0.15) is 0 Å². The van der Waals surface area contributed by atoms with Crippen molar-refractivity contribution in [3.63, 3.8) is 0 Å². The van der Waals surface area contributed by atoms with Gasteiger partial charge in [-0.25, -0.2) is 0 Å².